The minimum atomic E-state index is -4.50. The molecule has 14 heteroatoms. The van der Waals surface area contributed by atoms with Crippen LogP contribution < -0.4 is 20.7 Å². The summed E-state index contributed by atoms with van der Waals surface area (Å²) < 4.78 is 70.9. The van der Waals surface area contributed by atoms with Gasteiger partial charge in [-0.15, -0.1) is 0 Å². The van der Waals surface area contributed by atoms with Crippen molar-refractivity contribution in [3.63, 3.8) is 0 Å². The van der Waals surface area contributed by atoms with Gasteiger partial charge in [0.15, 0.2) is 0 Å². The first-order valence-electron chi connectivity index (χ1n) is 12.3. The van der Waals surface area contributed by atoms with Gasteiger partial charge in [0.05, 0.1) is 10.5 Å². The summed E-state index contributed by atoms with van der Waals surface area (Å²) in [6.07, 6.45) is -3.70. The standard InChI is InChI=1S/C27H25F3N4O6S/c1-17(35)40-22-12-8-19(9-13-22)31-25(36)24-3-2-16-34(24)41(38,39)23-14-10-21(11-15-23)33-26(37)32-20-6-4-18(5-7-20)27(28,29)30/h4-15,24H,2-3,16H2,1H3,(H,31,36)(H2,32,33,37)/t24-/m0/s1. The summed E-state index contributed by atoms with van der Waals surface area (Å²) in [5.74, 6) is -0.695. The van der Waals surface area contributed by atoms with Crippen molar-refractivity contribution in [2.45, 2.75) is 36.9 Å². The number of rotatable bonds is 7. The van der Waals surface area contributed by atoms with Gasteiger partial charge in [0.1, 0.15) is 11.8 Å². The minimum absolute atomic E-state index is 0.0865. The Labute approximate surface area is 233 Å². The van der Waals surface area contributed by atoms with Gasteiger partial charge in [-0.25, -0.2) is 13.2 Å². The largest absolute Gasteiger partial charge is 0.427 e. The first kappa shape index (κ1) is 29.6. The van der Waals surface area contributed by atoms with Crippen molar-refractivity contribution in [3.8, 4) is 5.75 Å². The molecule has 0 bridgehead atoms. The van der Waals surface area contributed by atoms with Gasteiger partial charge in [0.25, 0.3) is 0 Å². The summed E-state index contributed by atoms with van der Waals surface area (Å²) in [6.45, 7) is 1.40. The number of carbonyl (C=O) groups is 3. The molecular weight excluding hydrogens is 565 g/mol. The van der Waals surface area contributed by atoms with E-state index in [0.717, 1.165) is 28.6 Å². The lowest BCUT2D eigenvalue weighted by Gasteiger charge is -2.23. The van der Waals surface area contributed by atoms with E-state index in [1.54, 1.807) is 0 Å². The van der Waals surface area contributed by atoms with E-state index in [0.29, 0.717) is 24.3 Å². The number of sulfonamides is 1. The average molecular weight is 591 g/mol. The molecule has 0 aromatic heterocycles. The van der Waals surface area contributed by atoms with Crippen molar-refractivity contribution in [1.82, 2.24) is 4.31 Å². The molecule has 0 unspecified atom stereocenters. The molecule has 10 nitrogen and oxygen atoms in total. The van der Waals surface area contributed by atoms with Crippen LogP contribution in [0.1, 0.15) is 25.3 Å². The SMILES string of the molecule is CC(=O)Oc1ccc(NC(=O)[C@@H]2CCCN2S(=O)(=O)c2ccc(NC(=O)Nc3ccc(C(F)(F)F)cc3)cc2)cc1. The molecule has 1 aliphatic heterocycles. The van der Waals surface area contributed by atoms with Crippen molar-refractivity contribution in [2.24, 2.45) is 0 Å². The molecule has 1 fully saturated rings. The van der Waals surface area contributed by atoms with Crippen LogP contribution in [-0.4, -0.2) is 43.2 Å². The molecule has 41 heavy (non-hydrogen) atoms. The minimum Gasteiger partial charge on any atom is -0.427 e. The first-order chi connectivity index (χ1) is 19.3. The fraction of sp³-hybridized carbons (Fsp3) is 0.222. The molecule has 4 rings (SSSR count). The van der Waals surface area contributed by atoms with Crippen molar-refractivity contribution < 1.29 is 40.7 Å². The maximum atomic E-state index is 13.3. The second kappa shape index (κ2) is 12.0. The summed E-state index contributed by atoms with van der Waals surface area (Å²) in [5, 5.41) is 7.56. The van der Waals surface area contributed by atoms with Gasteiger partial charge in [0, 0.05) is 30.5 Å². The number of benzene rings is 3. The summed E-state index contributed by atoms with van der Waals surface area (Å²) in [4.78, 5) is 36.2. The van der Waals surface area contributed by atoms with Crippen LogP contribution in [0.5, 0.6) is 5.75 Å². The number of hydrogen-bond donors (Lipinski definition) is 3. The predicted molar refractivity (Wildman–Crippen MR) is 144 cm³/mol. The Hall–Kier alpha value is -4.43. The number of alkyl halides is 3. The second-order valence-electron chi connectivity index (χ2n) is 9.06. The lowest BCUT2D eigenvalue weighted by Crippen LogP contribution is -2.43. The highest BCUT2D eigenvalue weighted by Gasteiger charge is 2.39. The Morgan fingerprint density at radius 2 is 1.34 bits per heavy atom. The van der Waals surface area contributed by atoms with E-state index in [-0.39, 0.29) is 22.8 Å². The van der Waals surface area contributed by atoms with Gasteiger partial charge >= 0.3 is 18.2 Å². The van der Waals surface area contributed by atoms with Crippen molar-refractivity contribution in [2.75, 3.05) is 22.5 Å². The van der Waals surface area contributed by atoms with Crippen molar-refractivity contribution in [1.29, 1.82) is 0 Å². The van der Waals surface area contributed by atoms with E-state index in [9.17, 15) is 36.0 Å². The van der Waals surface area contributed by atoms with Crippen molar-refractivity contribution >= 4 is 45.0 Å². The number of urea groups is 1. The molecule has 3 amide bonds. The Balaban J connectivity index is 1.37. The predicted octanol–water partition coefficient (Wildman–Crippen LogP) is 5.07. The monoisotopic (exact) mass is 590 g/mol. The summed E-state index contributed by atoms with van der Waals surface area (Å²) in [6, 6.07) is 13.5. The van der Waals surface area contributed by atoms with Gasteiger partial charge < -0.3 is 20.7 Å². The topological polar surface area (TPSA) is 134 Å². The van der Waals surface area contributed by atoms with Crippen molar-refractivity contribution in [3.05, 3.63) is 78.4 Å². The van der Waals surface area contributed by atoms with E-state index in [1.165, 1.54) is 55.5 Å². The molecule has 0 radical (unpaired) electrons. The highest BCUT2D eigenvalue weighted by atomic mass is 32.2. The van der Waals surface area contributed by atoms with E-state index in [4.69, 9.17) is 4.74 Å². The lowest BCUT2D eigenvalue weighted by molar-refractivity contribution is -0.137. The fourth-order valence-electron chi connectivity index (χ4n) is 4.17. The molecule has 216 valence electrons. The lowest BCUT2D eigenvalue weighted by atomic mass is 10.2. The number of anilines is 3. The molecule has 1 aliphatic rings. The van der Waals surface area contributed by atoms with Crippen LogP contribution in [-0.2, 0) is 25.8 Å². The molecule has 0 spiro atoms. The third-order valence-corrected chi connectivity index (χ3v) is 8.00. The zero-order valence-electron chi connectivity index (χ0n) is 21.6. The summed E-state index contributed by atoms with van der Waals surface area (Å²) in [7, 11) is -4.06. The number of nitrogens with zero attached hydrogens (tertiary/aromatic N) is 1. The van der Waals surface area contributed by atoms with Gasteiger partial charge in [-0.2, -0.15) is 17.5 Å². The van der Waals surface area contributed by atoms with E-state index in [1.807, 2.05) is 0 Å². The molecule has 0 aliphatic carbocycles. The van der Waals surface area contributed by atoms with Crippen LogP contribution >= 0.6 is 0 Å². The number of ether oxygens (including phenoxy) is 1. The normalized spacial score (nSPS) is 15.7. The molecule has 1 heterocycles. The molecule has 1 saturated heterocycles. The third kappa shape index (κ3) is 7.41. The maximum Gasteiger partial charge on any atom is 0.416 e. The molecule has 3 aromatic rings. The third-order valence-electron chi connectivity index (χ3n) is 6.08. The van der Waals surface area contributed by atoms with Crippen LogP contribution in [0, 0.1) is 0 Å². The Morgan fingerprint density at radius 3 is 1.88 bits per heavy atom. The molecular formula is C27H25F3N4O6S. The van der Waals surface area contributed by atoms with Crippen LogP contribution in [0.2, 0.25) is 0 Å². The Morgan fingerprint density at radius 1 is 0.829 bits per heavy atom. The van der Waals surface area contributed by atoms with E-state index >= 15 is 0 Å². The van der Waals surface area contributed by atoms with Gasteiger partial charge in [-0.3, -0.25) is 9.59 Å². The quantitative estimate of drug-likeness (QED) is 0.260. The number of carbonyl (C=O) groups excluding carboxylic acids is 3. The highest BCUT2D eigenvalue weighted by molar-refractivity contribution is 7.89. The van der Waals surface area contributed by atoms with Crippen LogP contribution in [0.3, 0.4) is 0 Å². The molecule has 3 N–H and O–H groups in total. The second-order valence-corrected chi connectivity index (χ2v) is 11.0. The van der Waals surface area contributed by atoms with Crippen LogP contribution in [0.25, 0.3) is 0 Å². The zero-order valence-corrected chi connectivity index (χ0v) is 22.4. The van der Waals surface area contributed by atoms with E-state index in [2.05, 4.69) is 16.0 Å². The van der Waals surface area contributed by atoms with Crippen LogP contribution in [0.15, 0.2) is 77.7 Å². The zero-order chi connectivity index (χ0) is 29.8. The molecule has 0 saturated carbocycles. The number of esters is 1. The number of nitrogens with one attached hydrogen (secondary N) is 3. The van der Waals surface area contributed by atoms with Gasteiger partial charge in [-0.05, 0) is 85.6 Å². The fourth-order valence-corrected chi connectivity index (χ4v) is 5.83. The first-order valence-corrected chi connectivity index (χ1v) is 13.7. The molecule has 1 atom stereocenters. The summed E-state index contributed by atoms with van der Waals surface area (Å²) >= 11 is 0. The number of halogens is 3. The molecule has 3 aromatic carbocycles. The number of amides is 3. The average Bonchev–Trinajstić information content (AvgIpc) is 3.41. The highest BCUT2D eigenvalue weighted by Crippen LogP contribution is 2.30. The summed E-state index contributed by atoms with van der Waals surface area (Å²) in [5.41, 5.74) is -0.0808. The maximum absolute atomic E-state index is 13.3. The number of hydrogen-bond acceptors (Lipinski definition) is 6. The Bertz CT molecular complexity index is 1530. The Kier molecular flexibility index (Phi) is 8.63. The smallest absolute Gasteiger partial charge is 0.416 e. The van der Waals surface area contributed by atoms with Crippen LogP contribution in [0.4, 0.5) is 35.0 Å². The van der Waals surface area contributed by atoms with Gasteiger partial charge in [0.2, 0.25) is 15.9 Å². The van der Waals surface area contributed by atoms with E-state index < -0.39 is 45.7 Å². The van der Waals surface area contributed by atoms with Gasteiger partial charge in [-0.1, -0.05) is 0 Å².